The number of carboxylic acids is 1. The lowest BCUT2D eigenvalue weighted by Crippen LogP contribution is -2.76. The SMILES string of the molecule is CCCCCCCC/C=C\CCCCCCCCCCCCC(NC=O)[N+](C)(C)C(CCC)(NC=O)C(=O)O. The van der Waals surface area contributed by atoms with Gasteiger partial charge < -0.3 is 10.4 Å². The zero-order chi connectivity index (χ0) is 29.2. The number of unbranched alkanes of at least 4 members (excludes halogenated alkanes) is 16. The van der Waals surface area contributed by atoms with Crippen LogP contribution >= 0.6 is 0 Å². The Morgan fingerprint density at radius 1 is 0.718 bits per heavy atom. The zero-order valence-corrected chi connectivity index (χ0v) is 25.9. The fraction of sp³-hybridized carbons (Fsp3) is 0.844. The van der Waals surface area contributed by atoms with Crippen LogP contribution in [-0.4, -0.2) is 54.3 Å². The molecule has 0 aromatic heterocycles. The zero-order valence-electron chi connectivity index (χ0n) is 25.9. The molecule has 0 aromatic carbocycles. The molecular weight excluding hydrogens is 490 g/mol. The summed E-state index contributed by atoms with van der Waals surface area (Å²) in [7, 11) is 3.54. The summed E-state index contributed by atoms with van der Waals surface area (Å²) >= 11 is 0. The van der Waals surface area contributed by atoms with Crippen LogP contribution in [0.3, 0.4) is 0 Å². The third kappa shape index (κ3) is 15.5. The van der Waals surface area contributed by atoms with Crippen molar-refractivity contribution in [2.24, 2.45) is 0 Å². The Labute approximate surface area is 240 Å². The molecule has 0 aromatic rings. The van der Waals surface area contributed by atoms with Crippen LogP contribution in [0.2, 0.25) is 0 Å². The minimum absolute atomic E-state index is 0.0391. The molecule has 0 radical (unpaired) electrons. The summed E-state index contributed by atoms with van der Waals surface area (Å²) in [4.78, 5) is 34.9. The molecule has 0 heterocycles. The van der Waals surface area contributed by atoms with Gasteiger partial charge in [0.15, 0.2) is 6.17 Å². The van der Waals surface area contributed by atoms with Crippen molar-refractivity contribution in [2.45, 2.75) is 161 Å². The fourth-order valence-corrected chi connectivity index (χ4v) is 5.63. The van der Waals surface area contributed by atoms with Crippen LogP contribution in [0.15, 0.2) is 12.2 Å². The summed E-state index contributed by atoms with van der Waals surface area (Å²) < 4.78 is -0.0391. The highest BCUT2D eigenvalue weighted by atomic mass is 16.4. The molecule has 2 atom stereocenters. The molecule has 2 unspecified atom stereocenters. The van der Waals surface area contributed by atoms with Crippen molar-refractivity contribution in [3.8, 4) is 0 Å². The molecule has 0 aliphatic rings. The van der Waals surface area contributed by atoms with Gasteiger partial charge in [-0.25, -0.2) is 4.79 Å². The van der Waals surface area contributed by atoms with Crippen LogP contribution in [0.4, 0.5) is 0 Å². The number of carbonyl (C=O) groups excluding carboxylic acids is 2. The summed E-state index contributed by atoms with van der Waals surface area (Å²) in [6.45, 7) is 4.16. The molecule has 0 rings (SSSR count). The lowest BCUT2D eigenvalue weighted by molar-refractivity contribution is -0.960. The number of aliphatic carboxylic acids is 1. The van der Waals surface area contributed by atoms with Gasteiger partial charge in [0, 0.05) is 12.8 Å². The van der Waals surface area contributed by atoms with Crippen molar-refractivity contribution in [2.75, 3.05) is 14.1 Å². The van der Waals surface area contributed by atoms with Crippen molar-refractivity contribution in [1.29, 1.82) is 0 Å². The largest absolute Gasteiger partial charge is 0.475 e. The van der Waals surface area contributed by atoms with E-state index in [-0.39, 0.29) is 10.9 Å². The van der Waals surface area contributed by atoms with E-state index in [0.717, 1.165) is 19.3 Å². The van der Waals surface area contributed by atoms with Gasteiger partial charge in [0.25, 0.3) is 5.66 Å². The molecule has 39 heavy (non-hydrogen) atoms. The molecule has 0 aliphatic carbocycles. The van der Waals surface area contributed by atoms with Crippen molar-refractivity contribution in [3.05, 3.63) is 12.2 Å². The fourth-order valence-electron chi connectivity index (χ4n) is 5.63. The second-order valence-electron chi connectivity index (χ2n) is 11.7. The number of hydrogen-bond acceptors (Lipinski definition) is 3. The first-order valence-corrected chi connectivity index (χ1v) is 16.0. The number of nitrogens with one attached hydrogen (secondary N) is 2. The van der Waals surface area contributed by atoms with Crippen molar-refractivity contribution >= 4 is 18.8 Å². The van der Waals surface area contributed by atoms with E-state index in [9.17, 15) is 19.5 Å². The number of rotatable bonds is 29. The van der Waals surface area contributed by atoms with Gasteiger partial charge in [0.1, 0.15) is 0 Å². The molecule has 0 fully saturated rings. The molecule has 7 nitrogen and oxygen atoms in total. The summed E-state index contributed by atoms with van der Waals surface area (Å²) in [6, 6.07) is 0. The van der Waals surface area contributed by atoms with Gasteiger partial charge in [-0.1, -0.05) is 109 Å². The topological polar surface area (TPSA) is 95.5 Å². The lowest BCUT2D eigenvalue weighted by atomic mass is 9.97. The molecule has 0 saturated heterocycles. The Hall–Kier alpha value is -1.89. The van der Waals surface area contributed by atoms with E-state index in [1.165, 1.54) is 96.3 Å². The highest BCUT2D eigenvalue weighted by Crippen LogP contribution is 2.29. The number of hydrogen-bond donors (Lipinski definition) is 3. The average molecular weight is 553 g/mol. The molecule has 3 N–H and O–H groups in total. The standard InChI is InChI=1S/C32H61N3O4/c1-5-7-8-9-10-11-12-13-14-15-16-17-18-19-20-21-22-23-24-25-26-30(33-28-36)35(3,4)32(27-6-2,31(38)39)34-29-37/h13-14,28-30H,5-12,15-27H2,1-4H3,(H2-,33,34,36,37,38,39)/p+1/b14-13-. The van der Waals surface area contributed by atoms with Gasteiger partial charge in [-0.15, -0.1) is 0 Å². The van der Waals surface area contributed by atoms with E-state index in [2.05, 4.69) is 29.7 Å². The van der Waals surface area contributed by atoms with Crippen molar-refractivity contribution in [3.63, 3.8) is 0 Å². The first-order chi connectivity index (χ1) is 18.8. The Bertz CT molecular complexity index is 653. The Morgan fingerprint density at radius 3 is 1.59 bits per heavy atom. The summed E-state index contributed by atoms with van der Waals surface area (Å²) in [6.07, 6.45) is 29.9. The smallest absolute Gasteiger partial charge is 0.388 e. The highest BCUT2D eigenvalue weighted by molar-refractivity contribution is 5.79. The minimum atomic E-state index is -1.49. The summed E-state index contributed by atoms with van der Waals surface area (Å²) in [5.74, 6) is -1.08. The Balaban J connectivity index is 4.04. The monoisotopic (exact) mass is 552 g/mol. The molecule has 228 valence electrons. The maximum atomic E-state index is 12.3. The third-order valence-electron chi connectivity index (χ3n) is 8.28. The van der Waals surface area contributed by atoms with Crippen LogP contribution in [0, 0.1) is 0 Å². The molecule has 0 saturated carbocycles. The van der Waals surface area contributed by atoms with E-state index < -0.39 is 17.8 Å². The maximum Gasteiger partial charge on any atom is 0.388 e. The van der Waals surface area contributed by atoms with Gasteiger partial charge in [-0.3, -0.25) is 19.4 Å². The summed E-state index contributed by atoms with van der Waals surface area (Å²) in [5.41, 5.74) is -1.49. The Kier molecular flexibility index (Phi) is 22.8. The second kappa shape index (κ2) is 24.0. The van der Waals surface area contributed by atoms with E-state index in [1.54, 1.807) is 14.1 Å². The molecule has 0 spiro atoms. The van der Waals surface area contributed by atoms with E-state index in [1.807, 2.05) is 6.92 Å². The van der Waals surface area contributed by atoms with E-state index in [4.69, 9.17) is 0 Å². The first-order valence-electron chi connectivity index (χ1n) is 16.0. The average Bonchev–Trinajstić information content (AvgIpc) is 2.90. The minimum Gasteiger partial charge on any atom is -0.475 e. The molecule has 0 aliphatic heterocycles. The van der Waals surface area contributed by atoms with Gasteiger partial charge in [0.2, 0.25) is 12.8 Å². The predicted octanol–water partition coefficient (Wildman–Crippen LogP) is 7.45. The lowest BCUT2D eigenvalue weighted by Gasteiger charge is -2.49. The normalized spacial score (nSPS) is 14.2. The predicted molar refractivity (Wildman–Crippen MR) is 162 cm³/mol. The van der Waals surface area contributed by atoms with Crippen LogP contribution < -0.4 is 10.6 Å². The summed E-state index contributed by atoms with van der Waals surface area (Å²) in [5, 5.41) is 15.4. The number of allylic oxidation sites excluding steroid dienone is 2. The van der Waals surface area contributed by atoms with Gasteiger partial charge in [0.05, 0.1) is 14.1 Å². The number of carboxylic acid groups (broad SMARTS) is 1. The molecular formula is C32H62N3O4+. The number of likely N-dealkylation sites (N-methyl/N-ethyl adjacent to an activating group) is 1. The number of amides is 2. The second-order valence-corrected chi connectivity index (χ2v) is 11.7. The number of quaternary nitrogens is 1. The highest BCUT2D eigenvalue weighted by Gasteiger charge is 2.55. The third-order valence-corrected chi connectivity index (χ3v) is 8.28. The van der Waals surface area contributed by atoms with Crippen molar-refractivity contribution in [1.82, 2.24) is 10.6 Å². The van der Waals surface area contributed by atoms with Crippen LogP contribution in [0.25, 0.3) is 0 Å². The Morgan fingerprint density at radius 2 is 1.18 bits per heavy atom. The maximum absolute atomic E-state index is 12.3. The first kappa shape index (κ1) is 37.1. The van der Waals surface area contributed by atoms with Crippen LogP contribution in [0.1, 0.15) is 149 Å². The molecule has 7 heteroatoms. The van der Waals surface area contributed by atoms with Crippen LogP contribution in [-0.2, 0) is 14.4 Å². The molecule has 2 amide bonds. The number of nitrogens with zero attached hydrogens (tertiary/aromatic N) is 1. The molecule has 0 bridgehead atoms. The van der Waals surface area contributed by atoms with Crippen molar-refractivity contribution < 1.29 is 24.0 Å². The van der Waals surface area contributed by atoms with E-state index in [0.29, 0.717) is 25.7 Å². The van der Waals surface area contributed by atoms with Gasteiger partial charge in [-0.2, -0.15) is 0 Å². The quantitative estimate of drug-likeness (QED) is 0.0295. The van der Waals surface area contributed by atoms with Gasteiger partial charge >= 0.3 is 5.97 Å². The van der Waals surface area contributed by atoms with Crippen LogP contribution in [0.5, 0.6) is 0 Å². The van der Waals surface area contributed by atoms with E-state index >= 15 is 0 Å². The number of carbonyl (C=O) groups is 3. The van der Waals surface area contributed by atoms with Gasteiger partial charge in [-0.05, 0) is 38.5 Å².